The number of rotatable bonds is 8. The molecule has 42 heavy (non-hydrogen) atoms. The average molecular weight is 557 g/mol. The summed E-state index contributed by atoms with van der Waals surface area (Å²) in [4.78, 5) is 66.7. The minimum Gasteiger partial charge on any atom is -0.274 e. The number of aromatic nitrogens is 2. The number of carbonyl (C=O) groups excluding carboxylic acids is 4. The fourth-order valence-electron chi connectivity index (χ4n) is 6.34. The third-order valence-electron chi connectivity index (χ3n) is 8.39. The monoisotopic (exact) mass is 556 g/mol. The molecule has 8 nitrogen and oxygen atoms in total. The maximum Gasteiger partial charge on any atom is 0.266 e. The molecule has 0 radical (unpaired) electrons. The second kappa shape index (κ2) is 10.1. The number of imide groups is 2. The summed E-state index contributed by atoms with van der Waals surface area (Å²) in [6.07, 6.45) is 9.58. The van der Waals surface area contributed by atoms with Crippen LogP contribution in [0.2, 0.25) is 0 Å². The van der Waals surface area contributed by atoms with Crippen LogP contribution in [0, 0.1) is 0 Å². The molecule has 2 aliphatic rings. The molecule has 0 saturated heterocycles. The molecule has 2 aromatic heterocycles. The Bertz CT molecular complexity index is 1910. The maximum atomic E-state index is 14.1. The van der Waals surface area contributed by atoms with E-state index in [4.69, 9.17) is 0 Å². The highest BCUT2D eigenvalue weighted by Crippen LogP contribution is 2.41. The Morgan fingerprint density at radius 2 is 1.17 bits per heavy atom. The molecule has 3 aromatic carbocycles. The van der Waals surface area contributed by atoms with Gasteiger partial charge in [0.1, 0.15) is 0 Å². The van der Waals surface area contributed by atoms with Gasteiger partial charge in [-0.15, -0.1) is 0 Å². The van der Waals surface area contributed by atoms with E-state index >= 15 is 0 Å². The van der Waals surface area contributed by atoms with Crippen molar-refractivity contribution >= 4 is 61.9 Å². The molecule has 0 fully saturated rings. The number of nitrogens with zero attached hydrogens (tertiary/aromatic N) is 4. The van der Waals surface area contributed by atoms with Crippen molar-refractivity contribution in [2.75, 3.05) is 11.4 Å². The van der Waals surface area contributed by atoms with Crippen molar-refractivity contribution in [3.8, 4) is 0 Å². The van der Waals surface area contributed by atoms with E-state index in [0.717, 1.165) is 37.5 Å². The second-order valence-corrected chi connectivity index (χ2v) is 10.9. The number of carbonyl (C=O) groups is 4. The van der Waals surface area contributed by atoms with Crippen LogP contribution in [0.4, 0.5) is 5.69 Å². The summed E-state index contributed by atoms with van der Waals surface area (Å²) < 4.78 is 0. The van der Waals surface area contributed by atoms with Crippen molar-refractivity contribution in [1.29, 1.82) is 0 Å². The maximum absolute atomic E-state index is 14.1. The zero-order valence-corrected chi connectivity index (χ0v) is 23.2. The fraction of sp³-hybridized carbons (Fsp3) is 0.235. The van der Waals surface area contributed by atoms with Crippen molar-refractivity contribution in [2.24, 2.45) is 0 Å². The first-order valence-corrected chi connectivity index (χ1v) is 14.5. The molecule has 0 aliphatic carbocycles. The van der Waals surface area contributed by atoms with Gasteiger partial charge in [0.05, 0.1) is 16.7 Å². The van der Waals surface area contributed by atoms with E-state index in [2.05, 4.69) is 16.9 Å². The van der Waals surface area contributed by atoms with E-state index in [9.17, 15) is 19.2 Å². The Morgan fingerprint density at radius 3 is 1.81 bits per heavy atom. The van der Waals surface area contributed by atoms with Gasteiger partial charge in [0.2, 0.25) is 0 Å². The summed E-state index contributed by atoms with van der Waals surface area (Å²) in [5.74, 6) is -1.80. The normalized spacial score (nSPS) is 14.6. The van der Waals surface area contributed by atoms with Crippen molar-refractivity contribution in [3.05, 3.63) is 89.2 Å². The van der Waals surface area contributed by atoms with Gasteiger partial charge in [0.25, 0.3) is 23.6 Å². The average Bonchev–Trinajstić information content (AvgIpc) is 3.02. The third kappa shape index (κ3) is 3.82. The van der Waals surface area contributed by atoms with E-state index < -0.39 is 11.8 Å². The first-order valence-electron chi connectivity index (χ1n) is 14.5. The fourth-order valence-corrected chi connectivity index (χ4v) is 6.34. The Kier molecular flexibility index (Phi) is 6.26. The zero-order chi connectivity index (χ0) is 29.0. The van der Waals surface area contributed by atoms with Crippen molar-refractivity contribution in [2.45, 2.75) is 45.4 Å². The number of hydrogen-bond acceptors (Lipinski definition) is 6. The second-order valence-electron chi connectivity index (χ2n) is 10.9. The molecule has 0 atom stereocenters. The number of pyridine rings is 2. The van der Waals surface area contributed by atoms with Gasteiger partial charge in [0.15, 0.2) is 0 Å². The van der Waals surface area contributed by atoms with Gasteiger partial charge in [0, 0.05) is 62.7 Å². The summed E-state index contributed by atoms with van der Waals surface area (Å²) in [7, 11) is 0. The molecule has 0 bridgehead atoms. The number of anilines is 1. The van der Waals surface area contributed by atoms with Crippen molar-refractivity contribution in [1.82, 2.24) is 14.9 Å². The number of fused-ring (bicyclic) bond motifs is 3. The molecule has 0 unspecified atom stereocenters. The predicted molar refractivity (Wildman–Crippen MR) is 161 cm³/mol. The molecule has 208 valence electrons. The Morgan fingerprint density at radius 1 is 0.619 bits per heavy atom. The lowest BCUT2D eigenvalue weighted by atomic mass is 9.85. The van der Waals surface area contributed by atoms with Gasteiger partial charge in [-0.05, 0) is 55.0 Å². The summed E-state index contributed by atoms with van der Waals surface area (Å²) in [6.45, 7) is 2.51. The van der Waals surface area contributed by atoms with Crippen LogP contribution in [0.5, 0.6) is 0 Å². The van der Waals surface area contributed by atoms with Gasteiger partial charge in [-0.3, -0.25) is 34.0 Å². The van der Waals surface area contributed by atoms with Crippen LogP contribution < -0.4 is 4.90 Å². The molecule has 0 spiro atoms. The minimum atomic E-state index is -0.515. The zero-order valence-electron chi connectivity index (χ0n) is 23.2. The van der Waals surface area contributed by atoms with Gasteiger partial charge in [-0.2, -0.15) is 0 Å². The molecule has 5 aromatic rings. The lowest BCUT2D eigenvalue weighted by Crippen LogP contribution is -2.43. The molecular weight excluding hydrogens is 528 g/mol. The van der Waals surface area contributed by atoms with Crippen LogP contribution in [0.25, 0.3) is 32.6 Å². The van der Waals surface area contributed by atoms with Crippen LogP contribution >= 0.6 is 0 Å². The van der Waals surface area contributed by atoms with Crippen LogP contribution in [0.15, 0.2) is 67.0 Å². The topological polar surface area (TPSA) is 101 Å². The van der Waals surface area contributed by atoms with E-state index in [-0.39, 0.29) is 22.9 Å². The molecule has 0 saturated carbocycles. The lowest BCUT2D eigenvalue weighted by molar-refractivity contribution is 0.0606. The summed E-state index contributed by atoms with van der Waals surface area (Å²) >= 11 is 0. The first-order chi connectivity index (χ1) is 20.5. The van der Waals surface area contributed by atoms with Crippen LogP contribution in [0.3, 0.4) is 0 Å². The number of hydrogen-bond donors (Lipinski definition) is 0. The van der Waals surface area contributed by atoms with Gasteiger partial charge in [-0.1, -0.05) is 45.1 Å². The quantitative estimate of drug-likeness (QED) is 0.120. The van der Waals surface area contributed by atoms with Gasteiger partial charge < -0.3 is 0 Å². The highest BCUT2D eigenvalue weighted by molar-refractivity contribution is 6.40. The Balaban J connectivity index is 1.31. The van der Waals surface area contributed by atoms with E-state index in [1.807, 2.05) is 12.1 Å². The van der Waals surface area contributed by atoms with Crippen molar-refractivity contribution in [3.63, 3.8) is 0 Å². The standard InChI is InChI=1S/C34H28N4O4/c1-2-3-4-5-6-7-18-37-31(39)22-12-14-24-28-25(15-13-23(27(22)28)32(37)40)34(42)38(33(24)41)26-19-20-10-8-16-35-29(20)30-21(26)11-9-17-36-30/h8-17,19H,2-7,18H2,1H3. The highest BCUT2D eigenvalue weighted by Gasteiger charge is 2.40. The molecule has 7 rings (SSSR count). The highest BCUT2D eigenvalue weighted by atomic mass is 16.2. The van der Waals surface area contributed by atoms with Gasteiger partial charge in [-0.25, -0.2) is 4.90 Å². The number of unbranched alkanes of at least 4 members (excludes halogenated alkanes) is 5. The van der Waals surface area contributed by atoms with E-state index in [0.29, 0.717) is 50.6 Å². The number of benzene rings is 3. The SMILES string of the molecule is CCCCCCCCN1C(=O)c2ccc3c4c(ccc(c24)C1=O)C(=O)N(c1cc2cccnc2c2ncccc12)C3=O. The Hall–Kier alpha value is -4.98. The summed E-state index contributed by atoms with van der Waals surface area (Å²) in [6, 6.07) is 15.5. The summed E-state index contributed by atoms with van der Waals surface area (Å²) in [5.41, 5.74) is 2.91. The van der Waals surface area contributed by atoms with Crippen LogP contribution in [-0.2, 0) is 0 Å². The molecule has 2 aliphatic heterocycles. The Labute approximate surface area is 242 Å². The van der Waals surface area contributed by atoms with Crippen LogP contribution in [0.1, 0.15) is 86.9 Å². The molecule has 4 amide bonds. The minimum absolute atomic E-state index is 0.276. The third-order valence-corrected chi connectivity index (χ3v) is 8.39. The number of amides is 4. The molecule has 4 heterocycles. The summed E-state index contributed by atoms with van der Waals surface area (Å²) in [5, 5.41) is 2.11. The molecular formula is C34H28N4O4. The first kappa shape index (κ1) is 26.0. The van der Waals surface area contributed by atoms with Crippen LogP contribution in [-0.4, -0.2) is 45.0 Å². The largest absolute Gasteiger partial charge is 0.274 e. The van der Waals surface area contributed by atoms with E-state index in [1.165, 1.54) is 16.2 Å². The smallest absolute Gasteiger partial charge is 0.266 e. The lowest BCUT2D eigenvalue weighted by Gasteiger charge is -2.32. The van der Waals surface area contributed by atoms with Gasteiger partial charge >= 0.3 is 0 Å². The predicted octanol–water partition coefficient (Wildman–Crippen LogP) is 6.69. The van der Waals surface area contributed by atoms with Crippen molar-refractivity contribution < 1.29 is 19.2 Å². The van der Waals surface area contributed by atoms with E-state index in [1.54, 1.807) is 54.9 Å². The molecule has 0 N–H and O–H groups in total. The molecule has 8 heteroatoms.